The van der Waals surface area contributed by atoms with E-state index in [1.807, 2.05) is 42.5 Å². The van der Waals surface area contributed by atoms with Gasteiger partial charge in [0.25, 0.3) is 0 Å². The zero-order valence-corrected chi connectivity index (χ0v) is 20.5. The highest BCUT2D eigenvalue weighted by Crippen LogP contribution is 2.28. The van der Waals surface area contributed by atoms with Crippen LogP contribution in [0.5, 0.6) is 0 Å². The summed E-state index contributed by atoms with van der Waals surface area (Å²) in [7, 11) is 0. The molecule has 38 heavy (non-hydrogen) atoms. The number of fused-ring (bicyclic) bond motifs is 3. The third kappa shape index (κ3) is 4.54. The van der Waals surface area contributed by atoms with E-state index in [0.717, 1.165) is 0 Å². The topological polar surface area (TPSA) is 140 Å². The molecule has 0 atom stereocenters. The van der Waals surface area contributed by atoms with Crippen LogP contribution < -0.4 is 0 Å². The van der Waals surface area contributed by atoms with Gasteiger partial charge in [-0.05, 0) is 44.2 Å². The molecule has 5 aromatic rings. The van der Waals surface area contributed by atoms with Gasteiger partial charge >= 0.3 is 17.9 Å². The Morgan fingerprint density at radius 3 is 2.32 bits per heavy atom. The third-order valence-electron chi connectivity index (χ3n) is 5.51. The smallest absolute Gasteiger partial charge is 0.417 e. The number of hydrogen-bond acceptors (Lipinski definition) is 10. The number of benzene rings is 2. The minimum atomic E-state index is -1.11. The molecule has 0 aliphatic carbocycles. The molecule has 0 aliphatic heterocycles. The first-order chi connectivity index (χ1) is 18.5. The molecule has 12 heteroatoms. The van der Waals surface area contributed by atoms with E-state index in [-0.39, 0.29) is 25.6 Å². The molecule has 0 amide bonds. The number of aromatic nitrogens is 6. The standard InChI is InChI=1S/C26H22N6O6/c1-3-36-24(33)23-29-28-22-21(27-18-12-8-9-13-20(18)31(22)23)19-14-17(15-38-26(35)25(34)37-4-2)32(30-19)16-10-6-5-7-11-16/h5-14H,3-4,15H2,1-2H3. The van der Waals surface area contributed by atoms with Gasteiger partial charge < -0.3 is 14.2 Å². The van der Waals surface area contributed by atoms with Gasteiger partial charge in [0.05, 0.1) is 35.6 Å². The van der Waals surface area contributed by atoms with Crippen LogP contribution in [0, 0.1) is 0 Å². The molecular formula is C26H22N6O6. The van der Waals surface area contributed by atoms with Crippen LogP contribution in [0.25, 0.3) is 33.8 Å². The van der Waals surface area contributed by atoms with E-state index in [2.05, 4.69) is 10.2 Å². The van der Waals surface area contributed by atoms with Crippen molar-refractivity contribution in [3.05, 3.63) is 72.2 Å². The van der Waals surface area contributed by atoms with Crippen molar-refractivity contribution < 1.29 is 28.6 Å². The molecule has 0 saturated carbocycles. The molecule has 0 radical (unpaired) electrons. The van der Waals surface area contributed by atoms with E-state index in [0.29, 0.717) is 39.4 Å². The van der Waals surface area contributed by atoms with Gasteiger partial charge in [-0.1, -0.05) is 30.3 Å². The second-order valence-corrected chi connectivity index (χ2v) is 7.92. The first-order valence-corrected chi connectivity index (χ1v) is 11.8. The van der Waals surface area contributed by atoms with Crippen LogP contribution >= 0.6 is 0 Å². The molecule has 3 aromatic heterocycles. The molecule has 0 aliphatic rings. The van der Waals surface area contributed by atoms with E-state index >= 15 is 0 Å². The first kappa shape index (κ1) is 24.6. The van der Waals surface area contributed by atoms with Crippen molar-refractivity contribution in [2.24, 2.45) is 0 Å². The number of ether oxygens (including phenoxy) is 3. The van der Waals surface area contributed by atoms with E-state index in [1.165, 1.54) is 0 Å². The van der Waals surface area contributed by atoms with E-state index < -0.39 is 17.9 Å². The highest BCUT2D eigenvalue weighted by atomic mass is 16.6. The molecule has 2 aromatic carbocycles. The lowest BCUT2D eigenvalue weighted by Crippen LogP contribution is -2.20. The fraction of sp³-hybridized carbons (Fsp3) is 0.192. The van der Waals surface area contributed by atoms with Crippen LogP contribution in [-0.2, 0) is 30.4 Å². The average Bonchev–Trinajstić information content (AvgIpc) is 3.57. The van der Waals surface area contributed by atoms with Gasteiger partial charge in [0.1, 0.15) is 18.0 Å². The van der Waals surface area contributed by atoms with Gasteiger partial charge in [0.15, 0.2) is 5.65 Å². The Labute approximate surface area is 215 Å². The fourth-order valence-electron chi connectivity index (χ4n) is 3.90. The van der Waals surface area contributed by atoms with Crippen molar-refractivity contribution in [2.45, 2.75) is 20.5 Å². The molecule has 5 rings (SSSR count). The molecule has 0 saturated heterocycles. The van der Waals surface area contributed by atoms with E-state index in [1.54, 1.807) is 41.1 Å². The zero-order valence-electron chi connectivity index (χ0n) is 20.5. The number of esters is 3. The van der Waals surface area contributed by atoms with Crippen molar-refractivity contribution in [3.8, 4) is 17.1 Å². The lowest BCUT2D eigenvalue weighted by molar-refractivity contribution is -0.168. The highest BCUT2D eigenvalue weighted by molar-refractivity contribution is 6.29. The van der Waals surface area contributed by atoms with E-state index in [4.69, 9.17) is 24.3 Å². The lowest BCUT2D eigenvalue weighted by atomic mass is 10.2. The van der Waals surface area contributed by atoms with Crippen LogP contribution in [-0.4, -0.2) is 60.5 Å². The van der Waals surface area contributed by atoms with Crippen molar-refractivity contribution in [1.82, 2.24) is 29.4 Å². The SMILES string of the molecule is CCOC(=O)C(=O)OCc1cc(-c2nc3ccccc3n3c(C(=O)OCC)nnc23)nn1-c1ccccc1. The molecule has 192 valence electrons. The van der Waals surface area contributed by atoms with Crippen molar-refractivity contribution in [3.63, 3.8) is 0 Å². The maximum atomic E-state index is 12.6. The molecule has 0 fully saturated rings. The highest BCUT2D eigenvalue weighted by Gasteiger charge is 2.24. The molecule has 0 spiro atoms. The summed E-state index contributed by atoms with van der Waals surface area (Å²) < 4.78 is 18.2. The Bertz CT molecular complexity index is 1660. The van der Waals surface area contributed by atoms with Gasteiger partial charge in [-0.15, -0.1) is 10.2 Å². The maximum Gasteiger partial charge on any atom is 0.417 e. The molecule has 0 unspecified atom stereocenters. The Hall–Kier alpha value is -5.13. The van der Waals surface area contributed by atoms with Crippen LogP contribution in [0.3, 0.4) is 0 Å². The van der Waals surface area contributed by atoms with Gasteiger partial charge in [-0.25, -0.2) is 24.0 Å². The average molecular weight is 514 g/mol. The molecule has 0 bridgehead atoms. The minimum absolute atomic E-state index is 0.00721. The van der Waals surface area contributed by atoms with Crippen LogP contribution in [0.4, 0.5) is 0 Å². The summed E-state index contributed by atoms with van der Waals surface area (Å²) in [5.74, 6) is -2.81. The zero-order chi connectivity index (χ0) is 26.6. The predicted molar refractivity (Wildman–Crippen MR) is 133 cm³/mol. The number of rotatable bonds is 7. The number of carbonyl (C=O) groups excluding carboxylic acids is 3. The normalized spacial score (nSPS) is 11.0. The Balaban J connectivity index is 1.65. The van der Waals surface area contributed by atoms with Crippen LogP contribution in [0.2, 0.25) is 0 Å². The summed E-state index contributed by atoms with van der Waals surface area (Å²) in [5, 5.41) is 13.0. The minimum Gasteiger partial charge on any atom is -0.460 e. The molecule has 12 nitrogen and oxygen atoms in total. The Kier molecular flexibility index (Phi) is 6.76. The van der Waals surface area contributed by atoms with E-state index in [9.17, 15) is 14.4 Å². The van der Waals surface area contributed by atoms with Crippen LogP contribution in [0.15, 0.2) is 60.7 Å². The van der Waals surface area contributed by atoms with Crippen molar-refractivity contribution >= 4 is 34.6 Å². The summed E-state index contributed by atoms with van der Waals surface area (Å²) in [6.07, 6.45) is 0. The summed E-state index contributed by atoms with van der Waals surface area (Å²) in [6.45, 7) is 3.27. The van der Waals surface area contributed by atoms with Gasteiger partial charge in [-0.2, -0.15) is 5.10 Å². The summed E-state index contributed by atoms with van der Waals surface area (Å²) >= 11 is 0. The van der Waals surface area contributed by atoms with Crippen molar-refractivity contribution in [1.29, 1.82) is 0 Å². The third-order valence-corrected chi connectivity index (χ3v) is 5.51. The first-order valence-electron chi connectivity index (χ1n) is 11.8. The number of carbonyl (C=O) groups is 3. The second kappa shape index (κ2) is 10.5. The van der Waals surface area contributed by atoms with Crippen molar-refractivity contribution in [2.75, 3.05) is 13.2 Å². The van der Waals surface area contributed by atoms with Gasteiger partial charge in [-0.3, -0.25) is 4.40 Å². The quantitative estimate of drug-likeness (QED) is 0.181. The number of para-hydroxylation sites is 3. The van der Waals surface area contributed by atoms with Gasteiger partial charge in [0.2, 0.25) is 5.82 Å². The fourth-order valence-corrected chi connectivity index (χ4v) is 3.90. The summed E-state index contributed by atoms with van der Waals surface area (Å²) in [6, 6.07) is 18.1. The molecule has 0 N–H and O–H groups in total. The van der Waals surface area contributed by atoms with Gasteiger partial charge in [0, 0.05) is 0 Å². The lowest BCUT2D eigenvalue weighted by Gasteiger charge is -2.08. The maximum absolute atomic E-state index is 12.6. The summed E-state index contributed by atoms with van der Waals surface area (Å²) in [5.41, 5.74) is 3.36. The Morgan fingerprint density at radius 1 is 0.842 bits per heavy atom. The Morgan fingerprint density at radius 2 is 1.55 bits per heavy atom. The largest absolute Gasteiger partial charge is 0.460 e. The number of hydrogen-bond donors (Lipinski definition) is 0. The molecule has 3 heterocycles. The second-order valence-electron chi connectivity index (χ2n) is 7.92. The predicted octanol–water partition coefficient (Wildman–Crippen LogP) is 2.91. The number of nitrogens with zero attached hydrogens (tertiary/aromatic N) is 6. The molecular weight excluding hydrogens is 492 g/mol. The van der Waals surface area contributed by atoms with Crippen LogP contribution in [0.1, 0.15) is 30.2 Å². The monoisotopic (exact) mass is 514 g/mol. The summed E-state index contributed by atoms with van der Waals surface area (Å²) in [4.78, 5) is 41.2.